The van der Waals surface area contributed by atoms with Crippen LogP contribution >= 0.6 is 0 Å². The Labute approximate surface area is 116 Å². The average Bonchev–Trinajstić information content (AvgIpc) is 2.95. The Morgan fingerprint density at radius 3 is 2.75 bits per heavy atom. The predicted octanol–water partition coefficient (Wildman–Crippen LogP) is 2.85. The largest absolute Gasteiger partial charge is 0.392 e. The number of aromatic nitrogens is 3. The number of allylic oxidation sites excluding steroid dienone is 1. The molecule has 0 saturated carbocycles. The molecule has 0 unspecified atom stereocenters. The van der Waals surface area contributed by atoms with E-state index in [4.69, 9.17) is 0 Å². The zero-order valence-corrected chi connectivity index (χ0v) is 11.0. The Bertz CT molecular complexity index is 747. The van der Waals surface area contributed by atoms with Crippen LogP contribution < -0.4 is 0 Å². The maximum absolute atomic E-state index is 9.79. The number of hydrogen-bond donors (Lipinski definition) is 2. The smallest absolute Gasteiger partial charge is 0.121 e. The Morgan fingerprint density at radius 2 is 2.05 bits per heavy atom. The molecule has 0 atom stereocenters. The van der Waals surface area contributed by atoms with Crippen molar-refractivity contribution in [3.8, 4) is 11.1 Å². The van der Waals surface area contributed by atoms with Gasteiger partial charge in [-0.15, -0.1) is 11.7 Å². The molecule has 0 aliphatic rings. The highest BCUT2D eigenvalue weighted by atomic mass is 16.3. The molecule has 0 radical (unpaired) electrons. The molecule has 20 heavy (non-hydrogen) atoms. The Morgan fingerprint density at radius 1 is 1.25 bits per heavy atom. The first-order chi connectivity index (χ1) is 9.85. The van der Waals surface area contributed by atoms with Gasteiger partial charge in [0.25, 0.3) is 0 Å². The Hall–Kier alpha value is -2.46. The number of H-pyrrole nitrogens is 1. The highest BCUT2D eigenvalue weighted by Gasteiger charge is 2.16. The summed E-state index contributed by atoms with van der Waals surface area (Å²) in [5.41, 5.74) is 5.56. The van der Waals surface area contributed by atoms with E-state index < -0.39 is 0 Å². The molecule has 0 amide bonds. The second-order valence-corrected chi connectivity index (χ2v) is 4.61. The van der Waals surface area contributed by atoms with Gasteiger partial charge in [0.1, 0.15) is 5.52 Å². The third-order valence-corrected chi connectivity index (χ3v) is 3.41. The van der Waals surface area contributed by atoms with E-state index in [1.165, 1.54) is 0 Å². The molecule has 0 bridgehead atoms. The van der Waals surface area contributed by atoms with Crippen LogP contribution in [0.1, 0.15) is 11.1 Å². The molecule has 0 saturated heterocycles. The van der Waals surface area contributed by atoms with Crippen molar-refractivity contribution in [1.29, 1.82) is 0 Å². The van der Waals surface area contributed by atoms with Gasteiger partial charge in [0.2, 0.25) is 0 Å². The van der Waals surface area contributed by atoms with Gasteiger partial charge in [-0.25, -0.2) is 0 Å². The van der Waals surface area contributed by atoms with E-state index in [1.807, 2.05) is 42.5 Å². The van der Waals surface area contributed by atoms with Crippen LogP contribution in [0.2, 0.25) is 0 Å². The zero-order chi connectivity index (χ0) is 13.9. The van der Waals surface area contributed by atoms with Crippen molar-refractivity contribution in [2.75, 3.05) is 0 Å². The quantitative estimate of drug-likeness (QED) is 0.713. The Kier molecular flexibility index (Phi) is 3.31. The predicted molar refractivity (Wildman–Crippen MR) is 79.1 cm³/mol. The summed E-state index contributed by atoms with van der Waals surface area (Å²) in [5.74, 6) is 0. The monoisotopic (exact) mass is 265 g/mol. The molecule has 100 valence electrons. The van der Waals surface area contributed by atoms with Gasteiger partial charge < -0.3 is 5.11 Å². The summed E-state index contributed by atoms with van der Waals surface area (Å²) in [4.78, 5) is 0. The number of aromatic amines is 1. The molecule has 2 N–H and O–H groups in total. The third-order valence-electron chi connectivity index (χ3n) is 3.41. The number of rotatable bonds is 4. The van der Waals surface area contributed by atoms with Gasteiger partial charge in [-0.2, -0.15) is 0 Å². The van der Waals surface area contributed by atoms with Crippen molar-refractivity contribution in [2.45, 2.75) is 13.0 Å². The minimum absolute atomic E-state index is 0.0315. The number of fused-ring (bicyclic) bond motifs is 1. The van der Waals surface area contributed by atoms with E-state index >= 15 is 0 Å². The number of hydrogen-bond acceptors (Lipinski definition) is 3. The lowest BCUT2D eigenvalue weighted by atomic mass is 9.93. The standard InChI is InChI=1S/C16H15N3O/c1-2-6-12-9-14-16(18-19-17-14)15(13(12)10-20)11-7-4-3-5-8-11/h2-5,7-9,20H,1,6,10H2,(H,17,18,19). The lowest BCUT2D eigenvalue weighted by molar-refractivity contribution is 0.281. The van der Waals surface area contributed by atoms with E-state index in [2.05, 4.69) is 22.0 Å². The molecule has 1 aromatic heterocycles. The van der Waals surface area contributed by atoms with Gasteiger partial charge in [-0.05, 0) is 29.2 Å². The summed E-state index contributed by atoms with van der Waals surface area (Å²) in [7, 11) is 0. The molecule has 0 aliphatic heterocycles. The van der Waals surface area contributed by atoms with Crippen molar-refractivity contribution in [3.05, 3.63) is 60.2 Å². The number of benzene rings is 2. The molecular weight excluding hydrogens is 250 g/mol. The highest BCUT2D eigenvalue weighted by Crippen LogP contribution is 2.33. The molecule has 3 rings (SSSR count). The van der Waals surface area contributed by atoms with Crippen LogP contribution in [-0.4, -0.2) is 20.5 Å². The second-order valence-electron chi connectivity index (χ2n) is 4.61. The van der Waals surface area contributed by atoms with Crippen molar-refractivity contribution in [3.63, 3.8) is 0 Å². The number of nitrogens with one attached hydrogen (secondary N) is 1. The van der Waals surface area contributed by atoms with Crippen molar-refractivity contribution in [2.24, 2.45) is 0 Å². The van der Waals surface area contributed by atoms with Crippen LogP contribution in [0.15, 0.2) is 49.1 Å². The number of aliphatic hydroxyl groups is 1. The molecule has 4 nitrogen and oxygen atoms in total. The fourth-order valence-corrected chi connectivity index (χ4v) is 2.52. The van der Waals surface area contributed by atoms with Gasteiger partial charge in [0.05, 0.1) is 12.1 Å². The van der Waals surface area contributed by atoms with E-state index in [1.54, 1.807) is 0 Å². The first kappa shape index (κ1) is 12.6. The molecule has 0 fully saturated rings. The fourth-order valence-electron chi connectivity index (χ4n) is 2.52. The Balaban J connectivity index is 2.37. The van der Waals surface area contributed by atoms with E-state index in [0.29, 0.717) is 6.42 Å². The van der Waals surface area contributed by atoms with Gasteiger partial charge in [0, 0.05) is 5.56 Å². The first-order valence-electron chi connectivity index (χ1n) is 6.48. The maximum atomic E-state index is 9.79. The van der Waals surface area contributed by atoms with E-state index in [9.17, 15) is 5.11 Å². The van der Waals surface area contributed by atoms with Gasteiger partial charge in [-0.3, -0.25) is 5.10 Å². The third kappa shape index (κ3) is 2.00. The van der Waals surface area contributed by atoms with Crippen LogP contribution in [0.4, 0.5) is 0 Å². The lowest BCUT2D eigenvalue weighted by Gasteiger charge is -2.13. The number of nitrogens with zero attached hydrogens (tertiary/aromatic N) is 2. The lowest BCUT2D eigenvalue weighted by Crippen LogP contribution is -1.98. The first-order valence-corrected chi connectivity index (χ1v) is 6.48. The summed E-state index contributed by atoms with van der Waals surface area (Å²) in [6.07, 6.45) is 2.53. The average molecular weight is 265 g/mol. The van der Waals surface area contributed by atoms with Crippen molar-refractivity contribution in [1.82, 2.24) is 15.4 Å². The molecule has 4 heteroatoms. The summed E-state index contributed by atoms with van der Waals surface area (Å²) in [6, 6.07) is 11.9. The van der Waals surface area contributed by atoms with Crippen LogP contribution in [0.25, 0.3) is 22.2 Å². The maximum Gasteiger partial charge on any atom is 0.121 e. The van der Waals surface area contributed by atoms with E-state index in [0.717, 1.165) is 33.3 Å². The topological polar surface area (TPSA) is 61.8 Å². The summed E-state index contributed by atoms with van der Waals surface area (Å²) in [6.45, 7) is 3.75. The van der Waals surface area contributed by atoms with Crippen molar-refractivity contribution < 1.29 is 5.11 Å². The molecule has 0 aliphatic carbocycles. The zero-order valence-electron chi connectivity index (χ0n) is 11.0. The van der Waals surface area contributed by atoms with Gasteiger partial charge in [0.15, 0.2) is 0 Å². The highest BCUT2D eigenvalue weighted by molar-refractivity contribution is 5.94. The summed E-state index contributed by atoms with van der Waals surface area (Å²) in [5, 5.41) is 20.7. The molecule has 1 heterocycles. The van der Waals surface area contributed by atoms with Gasteiger partial charge >= 0.3 is 0 Å². The fraction of sp³-hybridized carbons (Fsp3) is 0.125. The second kappa shape index (κ2) is 5.27. The van der Waals surface area contributed by atoms with Crippen molar-refractivity contribution >= 4 is 11.0 Å². The van der Waals surface area contributed by atoms with Gasteiger partial charge in [-0.1, -0.05) is 41.6 Å². The molecule has 0 spiro atoms. The summed E-state index contributed by atoms with van der Waals surface area (Å²) >= 11 is 0. The van der Waals surface area contributed by atoms with E-state index in [-0.39, 0.29) is 6.61 Å². The molecule has 3 aromatic rings. The van der Waals surface area contributed by atoms with Crippen LogP contribution in [0.5, 0.6) is 0 Å². The SMILES string of the molecule is C=CCc1cc2[nH]nnc2c(-c2ccccc2)c1CO. The molecular formula is C16H15N3O. The minimum atomic E-state index is -0.0315. The molecule has 2 aromatic carbocycles. The van der Waals surface area contributed by atoms with Crippen LogP contribution in [-0.2, 0) is 13.0 Å². The number of aliphatic hydroxyl groups excluding tert-OH is 1. The minimum Gasteiger partial charge on any atom is -0.392 e. The normalized spacial score (nSPS) is 10.8. The van der Waals surface area contributed by atoms with Crippen LogP contribution in [0, 0.1) is 0 Å². The van der Waals surface area contributed by atoms with Crippen LogP contribution in [0.3, 0.4) is 0 Å². The summed E-state index contributed by atoms with van der Waals surface area (Å²) < 4.78 is 0.